The highest BCUT2D eigenvalue weighted by molar-refractivity contribution is 6.39. The minimum Gasteiger partial charge on any atom is -0.384 e. The number of rotatable bonds is 5. The Morgan fingerprint density at radius 1 is 1.06 bits per heavy atom. The lowest BCUT2D eigenvalue weighted by Gasteiger charge is -2.29. The van der Waals surface area contributed by atoms with E-state index >= 15 is 0 Å². The molecular weight excluding hydrogens is 433 g/mol. The largest absolute Gasteiger partial charge is 0.384 e. The monoisotopic (exact) mass is 455 g/mol. The summed E-state index contributed by atoms with van der Waals surface area (Å²) in [4.78, 5) is 26.4. The number of benzene rings is 2. The third-order valence-electron chi connectivity index (χ3n) is 5.81. The number of nitrogens with zero attached hydrogens (tertiary/aromatic N) is 2. The maximum absolute atomic E-state index is 13.6. The topological polar surface area (TPSA) is 118 Å². The Morgan fingerprint density at radius 3 is 2.28 bits per heavy atom. The van der Waals surface area contributed by atoms with Crippen molar-refractivity contribution in [3.05, 3.63) is 69.9 Å². The number of hydrogen-bond acceptors (Lipinski definition) is 3. The summed E-state index contributed by atoms with van der Waals surface area (Å²) < 4.78 is 15.4. The minimum atomic E-state index is -0.901. The number of primary amides is 1. The summed E-state index contributed by atoms with van der Waals surface area (Å²) in [6.45, 7) is 0.942. The second kappa shape index (κ2) is 8.63. The third-order valence-corrected chi connectivity index (χ3v) is 6.19. The summed E-state index contributed by atoms with van der Waals surface area (Å²) >= 11 is 6.68. The number of amides is 2. The van der Waals surface area contributed by atoms with Crippen LogP contribution in [0.4, 0.5) is 4.39 Å². The zero-order chi connectivity index (χ0) is 23.0. The molecule has 1 aliphatic heterocycles. The fraction of sp³-hybridized carbons (Fsp3) is 0.261. The molecule has 0 atom stereocenters. The Hall–Kier alpha value is -3.39. The summed E-state index contributed by atoms with van der Waals surface area (Å²) in [5, 5.41) is 8.73. The highest BCUT2D eigenvalue weighted by atomic mass is 35.5. The van der Waals surface area contributed by atoms with Gasteiger partial charge in [0.05, 0.1) is 10.5 Å². The van der Waals surface area contributed by atoms with Crippen LogP contribution < -0.4 is 11.5 Å². The van der Waals surface area contributed by atoms with Crippen LogP contribution in [0.25, 0.3) is 10.9 Å². The molecule has 32 heavy (non-hydrogen) atoms. The molecule has 5 N–H and O–H groups in total. The SMILES string of the molecule is N=C(N)c1ccc2c(Cl)c(C(=O)N3CCC(F)CC3)n(Cc3ccc(C(N)=O)cc3)c2c1. The minimum absolute atomic E-state index is 0.0977. The van der Waals surface area contributed by atoms with Gasteiger partial charge >= 0.3 is 0 Å². The number of nitrogens with two attached hydrogens (primary N) is 2. The molecular formula is C23H23ClFN5O2. The van der Waals surface area contributed by atoms with Gasteiger partial charge in [0.25, 0.3) is 5.91 Å². The van der Waals surface area contributed by atoms with Crippen molar-refractivity contribution in [1.82, 2.24) is 9.47 Å². The first kappa shape index (κ1) is 21.8. The summed E-state index contributed by atoms with van der Waals surface area (Å²) in [5.74, 6) is -0.889. The zero-order valence-corrected chi connectivity index (χ0v) is 18.0. The van der Waals surface area contributed by atoms with Crippen LogP contribution in [0.2, 0.25) is 5.02 Å². The Labute approximate surface area is 189 Å². The second-order valence-corrected chi connectivity index (χ2v) is 8.30. The number of piperidine rings is 1. The van der Waals surface area contributed by atoms with Crippen LogP contribution in [0.3, 0.4) is 0 Å². The van der Waals surface area contributed by atoms with Crippen molar-refractivity contribution >= 4 is 40.2 Å². The molecule has 2 aromatic carbocycles. The van der Waals surface area contributed by atoms with Crippen molar-refractivity contribution in [3.8, 4) is 0 Å². The van der Waals surface area contributed by atoms with Crippen LogP contribution in [0.1, 0.15) is 44.8 Å². The molecule has 9 heteroatoms. The van der Waals surface area contributed by atoms with Crippen LogP contribution in [0.15, 0.2) is 42.5 Å². The predicted octanol–water partition coefficient (Wildman–Crippen LogP) is 3.30. The van der Waals surface area contributed by atoms with Crippen LogP contribution in [0, 0.1) is 5.41 Å². The molecule has 0 bridgehead atoms. The lowest BCUT2D eigenvalue weighted by atomic mass is 10.1. The third kappa shape index (κ3) is 4.05. The van der Waals surface area contributed by atoms with Crippen molar-refractivity contribution in [2.75, 3.05) is 13.1 Å². The van der Waals surface area contributed by atoms with Crippen molar-refractivity contribution < 1.29 is 14.0 Å². The van der Waals surface area contributed by atoms with Gasteiger partial charge in [0.2, 0.25) is 5.91 Å². The number of carbonyl (C=O) groups excluding carboxylic acids is 2. The summed E-state index contributed by atoms with van der Waals surface area (Å²) in [6, 6.07) is 11.9. The molecule has 0 unspecified atom stereocenters. The number of likely N-dealkylation sites (tertiary alicyclic amines) is 1. The van der Waals surface area contributed by atoms with Crippen molar-refractivity contribution in [1.29, 1.82) is 5.41 Å². The normalized spacial score (nSPS) is 14.6. The van der Waals surface area contributed by atoms with E-state index in [1.807, 2.05) is 0 Å². The number of amidine groups is 1. The molecule has 0 radical (unpaired) electrons. The summed E-state index contributed by atoms with van der Waals surface area (Å²) in [7, 11) is 0. The van der Waals surface area contributed by atoms with E-state index in [0.29, 0.717) is 65.2 Å². The Kier molecular flexibility index (Phi) is 5.88. The van der Waals surface area contributed by atoms with E-state index in [-0.39, 0.29) is 11.7 Å². The van der Waals surface area contributed by atoms with Crippen LogP contribution in [-0.2, 0) is 6.54 Å². The molecule has 7 nitrogen and oxygen atoms in total. The number of carbonyl (C=O) groups is 2. The van der Waals surface area contributed by atoms with E-state index in [1.165, 1.54) is 0 Å². The van der Waals surface area contributed by atoms with E-state index in [1.54, 1.807) is 51.9 Å². The van der Waals surface area contributed by atoms with E-state index in [0.717, 1.165) is 5.56 Å². The standard InChI is InChI=1S/C23H23ClFN5O2/c24-19-17-6-5-15(21(26)27)11-18(17)30(12-13-1-3-14(4-2-13)22(28)31)20(19)23(32)29-9-7-16(25)8-10-29/h1-6,11,16H,7-10,12H2,(H3,26,27)(H2,28,31). The Bertz CT molecular complexity index is 1210. The van der Waals surface area contributed by atoms with Crippen LogP contribution in [0.5, 0.6) is 0 Å². The molecule has 0 spiro atoms. The van der Waals surface area contributed by atoms with Gasteiger partial charge in [-0.05, 0) is 36.6 Å². The van der Waals surface area contributed by atoms with Gasteiger partial charge in [-0.2, -0.15) is 0 Å². The van der Waals surface area contributed by atoms with Gasteiger partial charge in [-0.25, -0.2) is 4.39 Å². The fourth-order valence-corrected chi connectivity index (χ4v) is 4.35. The number of fused-ring (bicyclic) bond motifs is 1. The molecule has 2 heterocycles. The van der Waals surface area contributed by atoms with Gasteiger partial charge in [-0.15, -0.1) is 0 Å². The van der Waals surface area contributed by atoms with Crippen LogP contribution in [-0.4, -0.2) is 46.4 Å². The number of nitrogens with one attached hydrogen (secondary N) is 1. The molecule has 1 aromatic heterocycles. The maximum Gasteiger partial charge on any atom is 0.272 e. The fourth-order valence-electron chi connectivity index (χ4n) is 4.01. The van der Waals surface area contributed by atoms with Crippen molar-refractivity contribution in [3.63, 3.8) is 0 Å². The first-order valence-electron chi connectivity index (χ1n) is 10.2. The van der Waals surface area contributed by atoms with Gasteiger partial charge in [-0.1, -0.05) is 35.9 Å². The summed E-state index contributed by atoms with van der Waals surface area (Å²) in [6.07, 6.45) is -0.304. The molecule has 2 amide bonds. The molecule has 1 saturated heterocycles. The predicted molar refractivity (Wildman–Crippen MR) is 122 cm³/mol. The molecule has 1 aliphatic rings. The average Bonchev–Trinajstić information content (AvgIpc) is 3.05. The lowest BCUT2D eigenvalue weighted by Crippen LogP contribution is -2.40. The quantitative estimate of drug-likeness (QED) is 0.404. The average molecular weight is 456 g/mol. The lowest BCUT2D eigenvalue weighted by molar-refractivity contribution is 0.0657. The first-order chi connectivity index (χ1) is 15.3. The van der Waals surface area contributed by atoms with E-state index in [9.17, 15) is 14.0 Å². The summed E-state index contributed by atoms with van der Waals surface area (Å²) in [5.41, 5.74) is 13.7. The van der Waals surface area contributed by atoms with Gasteiger partial charge in [-0.3, -0.25) is 15.0 Å². The highest BCUT2D eigenvalue weighted by Crippen LogP contribution is 2.34. The molecule has 166 valence electrons. The van der Waals surface area contributed by atoms with Gasteiger partial charge in [0, 0.05) is 36.1 Å². The van der Waals surface area contributed by atoms with Crippen molar-refractivity contribution in [2.45, 2.75) is 25.6 Å². The molecule has 0 aliphatic carbocycles. The number of hydrogen-bond donors (Lipinski definition) is 3. The van der Waals surface area contributed by atoms with E-state index < -0.39 is 12.1 Å². The number of aromatic nitrogens is 1. The van der Waals surface area contributed by atoms with Crippen molar-refractivity contribution in [2.24, 2.45) is 11.5 Å². The van der Waals surface area contributed by atoms with Gasteiger partial charge in [0.15, 0.2) is 0 Å². The smallest absolute Gasteiger partial charge is 0.272 e. The van der Waals surface area contributed by atoms with E-state index in [2.05, 4.69) is 0 Å². The maximum atomic E-state index is 13.6. The Balaban J connectivity index is 1.82. The molecule has 3 aromatic rings. The number of halogens is 2. The number of alkyl halides is 1. The zero-order valence-electron chi connectivity index (χ0n) is 17.3. The Morgan fingerprint density at radius 2 is 1.69 bits per heavy atom. The highest BCUT2D eigenvalue weighted by Gasteiger charge is 2.29. The number of nitrogen functional groups attached to an aromatic ring is 1. The van der Waals surface area contributed by atoms with Gasteiger partial charge < -0.3 is 20.9 Å². The first-order valence-corrected chi connectivity index (χ1v) is 10.6. The molecule has 0 saturated carbocycles. The molecule has 1 fully saturated rings. The van der Waals surface area contributed by atoms with E-state index in [4.69, 9.17) is 28.5 Å². The molecule has 4 rings (SSSR count). The van der Waals surface area contributed by atoms with Gasteiger partial charge in [0.1, 0.15) is 17.7 Å². The van der Waals surface area contributed by atoms with Crippen LogP contribution >= 0.6 is 11.6 Å². The second-order valence-electron chi connectivity index (χ2n) is 7.92.